The van der Waals surface area contributed by atoms with E-state index in [1.807, 2.05) is 0 Å². The van der Waals surface area contributed by atoms with Gasteiger partial charge in [0.1, 0.15) is 0 Å². The molecule has 1 unspecified atom stereocenters. The summed E-state index contributed by atoms with van der Waals surface area (Å²) < 4.78 is 18.9. The quantitative estimate of drug-likeness (QED) is 0.779. The van der Waals surface area contributed by atoms with Crippen molar-refractivity contribution >= 4 is 16.8 Å². The van der Waals surface area contributed by atoms with Gasteiger partial charge in [-0.3, -0.25) is 4.79 Å². The number of hydrogen-bond donors (Lipinski definition) is 1. The molecule has 0 aliphatic rings. The summed E-state index contributed by atoms with van der Waals surface area (Å²) in [7, 11) is 0. The molecular formula is C17H22FNO2. The number of fused-ring (bicyclic) bond motifs is 1. The van der Waals surface area contributed by atoms with Gasteiger partial charge in [-0.15, -0.1) is 0 Å². The number of carbonyl (C=O) groups is 1. The van der Waals surface area contributed by atoms with Gasteiger partial charge in [0.2, 0.25) is 0 Å². The van der Waals surface area contributed by atoms with Crippen LogP contribution in [-0.2, 0) is 0 Å². The second kappa shape index (κ2) is 6.85. The summed E-state index contributed by atoms with van der Waals surface area (Å²) in [4.78, 5) is 12.2. The van der Waals surface area contributed by atoms with Crippen molar-refractivity contribution in [3.05, 3.63) is 35.8 Å². The first-order chi connectivity index (χ1) is 10.0. The molecule has 0 amide bonds. The Hall–Kier alpha value is -1.68. The van der Waals surface area contributed by atoms with Crippen molar-refractivity contribution in [3.8, 4) is 0 Å². The molecule has 0 spiro atoms. The van der Waals surface area contributed by atoms with E-state index >= 15 is 0 Å². The van der Waals surface area contributed by atoms with E-state index in [0.29, 0.717) is 30.2 Å². The molecule has 1 atom stereocenters. The fourth-order valence-electron chi connectivity index (χ4n) is 2.63. The Morgan fingerprint density at radius 3 is 2.71 bits per heavy atom. The lowest BCUT2D eigenvalue weighted by Gasteiger charge is -2.19. The lowest BCUT2D eigenvalue weighted by Crippen LogP contribution is -2.15. The maximum Gasteiger partial charge on any atom is 0.198 e. The average molecular weight is 291 g/mol. The van der Waals surface area contributed by atoms with Crippen LogP contribution in [0.5, 0.6) is 0 Å². The number of nitrogens with two attached hydrogens (primary N) is 1. The second-order valence-electron chi connectivity index (χ2n) is 5.81. The fourth-order valence-corrected chi connectivity index (χ4v) is 2.63. The third-order valence-corrected chi connectivity index (χ3v) is 3.99. The van der Waals surface area contributed by atoms with Crippen LogP contribution < -0.4 is 5.73 Å². The van der Waals surface area contributed by atoms with E-state index in [1.165, 1.54) is 6.07 Å². The van der Waals surface area contributed by atoms with Crippen LogP contribution in [-0.4, -0.2) is 12.3 Å². The Bertz CT molecular complexity index is 618. The maximum atomic E-state index is 13.6. The van der Waals surface area contributed by atoms with E-state index < -0.39 is 5.82 Å². The topological polar surface area (TPSA) is 56.2 Å². The molecule has 1 aromatic heterocycles. The normalized spacial score (nSPS) is 13.0. The van der Waals surface area contributed by atoms with Crippen LogP contribution in [0, 0.1) is 17.7 Å². The molecule has 0 saturated carbocycles. The van der Waals surface area contributed by atoms with Gasteiger partial charge in [0.05, 0.1) is 0 Å². The summed E-state index contributed by atoms with van der Waals surface area (Å²) in [5.41, 5.74) is 5.76. The third kappa shape index (κ3) is 3.70. The van der Waals surface area contributed by atoms with Gasteiger partial charge in [-0.2, -0.15) is 0 Å². The number of ketones is 1. The minimum absolute atomic E-state index is 0.0757. The maximum absolute atomic E-state index is 13.6. The van der Waals surface area contributed by atoms with Crippen molar-refractivity contribution in [1.82, 2.24) is 0 Å². The van der Waals surface area contributed by atoms with Crippen LogP contribution in [0.1, 0.15) is 43.7 Å². The summed E-state index contributed by atoms with van der Waals surface area (Å²) in [6.07, 6.45) is 2.11. The highest BCUT2D eigenvalue weighted by atomic mass is 19.1. The molecule has 0 aliphatic heterocycles. The molecule has 0 aliphatic carbocycles. The Kier molecular flexibility index (Phi) is 5.12. The number of hydrogen-bond acceptors (Lipinski definition) is 3. The van der Waals surface area contributed by atoms with Gasteiger partial charge in [0.25, 0.3) is 0 Å². The minimum atomic E-state index is -0.435. The number of halogens is 1. The molecule has 114 valence electrons. The van der Waals surface area contributed by atoms with Crippen molar-refractivity contribution in [3.63, 3.8) is 0 Å². The van der Waals surface area contributed by atoms with E-state index in [2.05, 4.69) is 13.8 Å². The molecule has 2 aromatic rings. The summed E-state index contributed by atoms with van der Waals surface area (Å²) in [6.45, 7) is 4.91. The standard InChI is InChI=1S/C17H22FNO2/c1-11(2)12(8-9-19)6-7-15(20)16-10-13-4-3-5-14(18)17(13)21-16/h3-5,10-12H,6-9,19H2,1-2H3. The molecule has 4 heteroatoms. The summed E-state index contributed by atoms with van der Waals surface area (Å²) in [5.74, 6) is 0.655. The Morgan fingerprint density at radius 2 is 2.10 bits per heavy atom. The second-order valence-corrected chi connectivity index (χ2v) is 5.81. The molecule has 2 N–H and O–H groups in total. The number of Topliss-reactive ketones (excluding diaryl/α,β-unsaturated/α-hetero) is 1. The third-order valence-electron chi connectivity index (χ3n) is 3.99. The number of furan rings is 1. The molecule has 1 heterocycles. The van der Waals surface area contributed by atoms with Gasteiger partial charge < -0.3 is 10.2 Å². The number of carbonyl (C=O) groups excluding carboxylic acids is 1. The predicted molar refractivity (Wildman–Crippen MR) is 81.7 cm³/mol. The van der Waals surface area contributed by atoms with E-state index in [1.54, 1.807) is 18.2 Å². The van der Waals surface area contributed by atoms with Gasteiger partial charge in [-0.25, -0.2) is 4.39 Å². The minimum Gasteiger partial charge on any atom is -0.450 e. The Morgan fingerprint density at radius 1 is 1.33 bits per heavy atom. The van der Waals surface area contributed by atoms with Crippen molar-refractivity contribution in [2.24, 2.45) is 17.6 Å². The first-order valence-corrected chi connectivity index (χ1v) is 7.44. The number of benzene rings is 1. The molecule has 3 nitrogen and oxygen atoms in total. The van der Waals surface area contributed by atoms with Gasteiger partial charge in [-0.1, -0.05) is 26.0 Å². The number of rotatable bonds is 7. The monoisotopic (exact) mass is 291 g/mol. The first-order valence-electron chi connectivity index (χ1n) is 7.44. The van der Waals surface area contributed by atoms with Crippen molar-refractivity contribution < 1.29 is 13.6 Å². The van der Waals surface area contributed by atoms with Crippen LogP contribution in [0.15, 0.2) is 28.7 Å². The van der Waals surface area contributed by atoms with Crippen LogP contribution in [0.2, 0.25) is 0 Å². The summed E-state index contributed by atoms with van der Waals surface area (Å²) in [5, 5.41) is 0.626. The summed E-state index contributed by atoms with van der Waals surface area (Å²) in [6, 6.07) is 6.30. The van der Waals surface area contributed by atoms with Crippen LogP contribution >= 0.6 is 0 Å². The molecule has 0 saturated heterocycles. The molecule has 0 bridgehead atoms. The lowest BCUT2D eigenvalue weighted by molar-refractivity contribution is 0.0944. The van der Waals surface area contributed by atoms with Crippen LogP contribution in [0.25, 0.3) is 11.0 Å². The van der Waals surface area contributed by atoms with Gasteiger partial charge >= 0.3 is 0 Å². The zero-order valence-corrected chi connectivity index (χ0v) is 12.6. The van der Waals surface area contributed by atoms with E-state index in [0.717, 1.165) is 12.8 Å². The SMILES string of the molecule is CC(C)C(CCN)CCC(=O)c1cc2cccc(F)c2o1. The average Bonchev–Trinajstić information content (AvgIpc) is 2.88. The fraction of sp³-hybridized carbons (Fsp3) is 0.471. The van der Waals surface area contributed by atoms with Gasteiger partial charge in [0, 0.05) is 11.8 Å². The molecule has 2 rings (SSSR count). The molecule has 0 radical (unpaired) electrons. The van der Waals surface area contributed by atoms with Gasteiger partial charge in [-0.05, 0) is 43.4 Å². The van der Waals surface area contributed by atoms with Crippen molar-refractivity contribution in [1.29, 1.82) is 0 Å². The molecule has 0 fully saturated rings. The van der Waals surface area contributed by atoms with Gasteiger partial charge in [0.15, 0.2) is 22.9 Å². The van der Waals surface area contributed by atoms with E-state index in [9.17, 15) is 9.18 Å². The highest BCUT2D eigenvalue weighted by Gasteiger charge is 2.18. The molecule has 1 aromatic carbocycles. The van der Waals surface area contributed by atoms with Crippen LogP contribution in [0.3, 0.4) is 0 Å². The molecule has 21 heavy (non-hydrogen) atoms. The smallest absolute Gasteiger partial charge is 0.198 e. The lowest BCUT2D eigenvalue weighted by atomic mass is 9.87. The zero-order chi connectivity index (χ0) is 15.4. The first kappa shape index (κ1) is 15.7. The highest BCUT2D eigenvalue weighted by molar-refractivity contribution is 5.97. The largest absolute Gasteiger partial charge is 0.450 e. The Labute approximate surface area is 124 Å². The van der Waals surface area contributed by atoms with E-state index in [-0.39, 0.29) is 17.1 Å². The zero-order valence-electron chi connectivity index (χ0n) is 12.6. The van der Waals surface area contributed by atoms with Crippen molar-refractivity contribution in [2.45, 2.75) is 33.1 Å². The highest BCUT2D eigenvalue weighted by Crippen LogP contribution is 2.25. The van der Waals surface area contributed by atoms with E-state index in [4.69, 9.17) is 10.2 Å². The van der Waals surface area contributed by atoms with Crippen molar-refractivity contribution in [2.75, 3.05) is 6.54 Å². The van der Waals surface area contributed by atoms with Crippen LogP contribution in [0.4, 0.5) is 4.39 Å². The number of para-hydroxylation sites is 1. The Balaban J connectivity index is 2.06. The predicted octanol–water partition coefficient (Wildman–Crippen LogP) is 4.16. The molecular weight excluding hydrogens is 269 g/mol. The summed E-state index contributed by atoms with van der Waals surface area (Å²) >= 11 is 0.